The van der Waals surface area contributed by atoms with Crippen molar-refractivity contribution in [1.82, 2.24) is 9.97 Å². The Hall–Kier alpha value is -3.63. The van der Waals surface area contributed by atoms with E-state index < -0.39 is 11.8 Å². The Bertz CT molecular complexity index is 2230. The van der Waals surface area contributed by atoms with Gasteiger partial charge in [-0.2, -0.15) is 0 Å². The summed E-state index contributed by atoms with van der Waals surface area (Å²) in [4.78, 5) is 10.3. The van der Waals surface area contributed by atoms with Crippen molar-refractivity contribution in [3.05, 3.63) is 118 Å². The van der Waals surface area contributed by atoms with E-state index in [9.17, 15) is 0 Å². The number of nitrogens with zero attached hydrogens (tertiary/aromatic N) is 2. The van der Waals surface area contributed by atoms with Gasteiger partial charge in [-0.25, -0.2) is 0 Å². The van der Waals surface area contributed by atoms with Crippen LogP contribution in [0.3, 0.4) is 0 Å². The van der Waals surface area contributed by atoms with Gasteiger partial charge in [0.2, 0.25) is 0 Å². The molecule has 45 heavy (non-hydrogen) atoms. The zero-order valence-electron chi connectivity index (χ0n) is 29.0. The Morgan fingerprint density at radius 1 is 0.867 bits per heavy atom. The minimum Gasteiger partial charge on any atom is -0.501 e. The normalized spacial score (nSPS) is 12.4. The molecule has 0 saturated heterocycles. The fourth-order valence-corrected chi connectivity index (χ4v) is 6.54. The molecule has 4 heterocycles. The molecule has 0 unspecified atom stereocenters. The van der Waals surface area contributed by atoms with Gasteiger partial charge in [0.15, 0.2) is 0 Å². The van der Waals surface area contributed by atoms with Crippen molar-refractivity contribution in [1.29, 1.82) is 0 Å². The van der Waals surface area contributed by atoms with Crippen LogP contribution in [-0.2, 0) is 26.5 Å². The minimum atomic E-state index is -1.50. The summed E-state index contributed by atoms with van der Waals surface area (Å²) >= 11 is 1.80. The second kappa shape index (κ2) is 13.0. The first-order chi connectivity index (χ1) is 21.8. The summed E-state index contributed by atoms with van der Waals surface area (Å²) in [7, 11) is 0. The van der Waals surface area contributed by atoms with E-state index in [0.29, 0.717) is 11.3 Å². The zero-order chi connectivity index (χ0) is 33.0. The number of thiophene rings is 1. The van der Waals surface area contributed by atoms with E-state index in [2.05, 4.69) is 81.0 Å². The average Bonchev–Trinajstić information content (AvgIpc) is 3.55. The largest absolute Gasteiger partial charge is 0.501 e. The maximum absolute atomic E-state index is 8.65. The summed E-state index contributed by atoms with van der Waals surface area (Å²) in [5.74, 6) is 0. The monoisotopic (exact) mass is 789 g/mol. The van der Waals surface area contributed by atoms with E-state index in [1.54, 1.807) is 23.6 Å². The van der Waals surface area contributed by atoms with Crippen LogP contribution < -0.4 is 0 Å². The second-order valence-electron chi connectivity index (χ2n) is 12.5. The molecule has 3 aromatic carbocycles. The van der Waals surface area contributed by atoms with Gasteiger partial charge in [0.25, 0.3) is 0 Å². The molecule has 231 valence electrons. The van der Waals surface area contributed by atoms with Crippen LogP contribution in [0.4, 0.5) is 0 Å². The maximum Gasteiger partial charge on any atom is 0.122 e. The van der Waals surface area contributed by atoms with Crippen molar-refractivity contribution in [3.63, 3.8) is 0 Å². The number of furan rings is 1. The van der Waals surface area contributed by atoms with Gasteiger partial charge in [-0.05, 0) is 85.6 Å². The van der Waals surface area contributed by atoms with Gasteiger partial charge in [0, 0.05) is 50.2 Å². The number of benzene rings is 3. The predicted molar refractivity (Wildman–Crippen MR) is 187 cm³/mol. The van der Waals surface area contributed by atoms with Gasteiger partial charge in [-0.3, -0.25) is 0 Å². The van der Waals surface area contributed by atoms with E-state index in [4.69, 9.17) is 7.16 Å². The van der Waals surface area contributed by atoms with Gasteiger partial charge < -0.3 is 14.4 Å². The van der Waals surface area contributed by atoms with Gasteiger partial charge in [0.1, 0.15) is 5.58 Å². The standard InChI is InChI=1S/C26H24NOS.C14H14N.Ir/c1-15-16(2)29-25-18(15)9-10-22-23(25)20-8-6-7-19(24(20)28-22)21-13-17(11-12-27-21)14-26(3,4)5;1-10-4-6-13(7-5-10)14-8-11(2)12(3)9-15-14;/h6,8-13H,14H2,1-5H3;4-6,8-9H,1-3H3;/q2*-1;/i14D2;;. The number of fused-ring (bicyclic) bond motifs is 5. The van der Waals surface area contributed by atoms with Gasteiger partial charge >= 0.3 is 0 Å². The quantitative estimate of drug-likeness (QED) is 0.167. The topological polar surface area (TPSA) is 38.9 Å². The van der Waals surface area contributed by atoms with Crippen LogP contribution in [0.25, 0.3) is 54.5 Å². The van der Waals surface area contributed by atoms with Crippen molar-refractivity contribution < 1.29 is 27.3 Å². The van der Waals surface area contributed by atoms with E-state index in [1.807, 2.05) is 57.3 Å². The number of rotatable bonds is 3. The molecule has 0 fully saturated rings. The first kappa shape index (κ1) is 30.0. The third kappa shape index (κ3) is 6.82. The summed E-state index contributed by atoms with van der Waals surface area (Å²) in [5.41, 5.74) is 10.2. The molecule has 0 N–H and O–H groups in total. The molecular formula is C40H38IrN2OS-2. The molecule has 0 atom stereocenters. The summed E-state index contributed by atoms with van der Waals surface area (Å²) in [6.45, 7) is 16.3. The Kier molecular flexibility index (Phi) is 8.68. The van der Waals surface area contributed by atoms with E-state index in [-0.39, 0.29) is 20.1 Å². The predicted octanol–water partition coefficient (Wildman–Crippen LogP) is 11.3. The molecule has 0 bridgehead atoms. The van der Waals surface area contributed by atoms with Crippen LogP contribution in [0.5, 0.6) is 0 Å². The smallest absolute Gasteiger partial charge is 0.122 e. The fourth-order valence-electron chi connectivity index (χ4n) is 5.32. The second-order valence-corrected chi connectivity index (χ2v) is 13.8. The van der Waals surface area contributed by atoms with Gasteiger partial charge in [-0.1, -0.05) is 61.9 Å². The zero-order valence-corrected chi connectivity index (χ0v) is 30.2. The molecule has 0 spiro atoms. The molecule has 4 aromatic heterocycles. The fraction of sp³-hybridized carbons (Fsp3) is 0.250. The molecule has 7 rings (SSSR count). The van der Waals surface area contributed by atoms with Crippen molar-refractivity contribution in [3.8, 4) is 22.5 Å². The van der Waals surface area contributed by atoms with Crippen LogP contribution in [0.15, 0.2) is 77.5 Å². The van der Waals surface area contributed by atoms with Gasteiger partial charge in [-0.15, -0.1) is 64.9 Å². The summed E-state index contributed by atoms with van der Waals surface area (Å²) in [5, 5.41) is 3.44. The minimum absolute atomic E-state index is 0. The third-order valence-corrected chi connectivity index (χ3v) is 9.13. The van der Waals surface area contributed by atoms with Crippen molar-refractivity contribution in [2.24, 2.45) is 5.41 Å². The molecule has 0 saturated carbocycles. The average molecular weight is 789 g/mol. The number of hydrogen-bond donors (Lipinski definition) is 0. The van der Waals surface area contributed by atoms with Crippen molar-refractivity contribution in [2.75, 3.05) is 0 Å². The van der Waals surface area contributed by atoms with Crippen LogP contribution in [0.1, 0.15) is 56.2 Å². The number of aromatic nitrogens is 2. The first-order valence-electron chi connectivity index (χ1n) is 15.9. The first-order valence-corrected chi connectivity index (χ1v) is 15.7. The molecular weight excluding hydrogens is 749 g/mol. The molecule has 7 aromatic rings. The molecule has 0 amide bonds. The van der Waals surface area contributed by atoms with E-state index in [1.165, 1.54) is 37.2 Å². The third-order valence-electron chi connectivity index (χ3n) is 7.89. The maximum atomic E-state index is 8.65. The molecule has 5 heteroatoms. The van der Waals surface area contributed by atoms with Crippen LogP contribution in [-0.4, -0.2) is 9.97 Å². The number of pyridine rings is 2. The summed E-state index contributed by atoms with van der Waals surface area (Å²) in [6, 6.07) is 26.5. The Morgan fingerprint density at radius 3 is 2.38 bits per heavy atom. The number of aryl methyl sites for hydroxylation is 5. The molecule has 0 aliphatic rings. The van der Waals surface area contributed by atoms with E-state index in [0.717, 1.165) is 38.8 Å². The SMILES string of the molecule is Cc1c[c-]c(-c2cc(C)c(C)cn2)cc1.[2H]C([2H])(c1ccnc(-c2[c-]ccc3c2oc2ccc4c(C)c(C)sc4c23)c1)C(C)(C)C.[Ir]. The Morgan fingerprint density at radius 2 is 1.67 bits per heavy atom. The Balaban J connectivity index is 0.000000228. The Labute approximate surface area is 286 Å². The summed E-state index contributed by atoms with van der Waals surface area (Å²) < 4.78 is 24.9. The van der Waals surface area contributed by atoms with Crippen LogP contribution >= 0.6 is 11.3 Å². The molecule has 0 aliphatic heterocycles. The van der Waals surface area contributed by atoms with Crippen LogP contribution in [0, 0.1) is 52.2 Å². The van der Waals surface area contributed by atoms with Gasteiger partial charge in [0.05, 0.1) is 5.58 Å². The number of hydrogen-bond acceptors (Lipinski definition) is 4. The van der Waals surface area contributed by atoms with Crippen LogP contribution in [0.2, 0.25) is 0 Å². The molecule has 3 nitrogen and oxygen atoms in total. The van der Waals surface area contributed by atoms with Crippen molar-refractivity contribution >= 4 is 43.4 Å². The molecule has 1 radical (unpaired) electrons. The van der Waals surface area contributed by atoms with E-state index >= 15 is 0 Å². The summed E-state index contributed by atoms with van der Waals surface area (Å²) in [6.07, 6.45) is 2.09. The van der Waals surface area contributed by atoms with Crippen molar-refractivity contribution in [2.45, 2.75) is 61.8 Å². The molecule has 0 aliphatic carbocycles.